The molecule has 1 heterocycles. The fraction of sp³-hybridized carbons (Fsp3) is 0.286. The molecule has 1 aromatic heterocycles. The Morgan fingerprint density at radius 1 is 1.43 bits per heavy atom. The molecule has 76 valence electrons. The zero-order valence-corrected chi connectivity index (χ0v) is 8.60. The Morgan fingerprint density at radius 2 is 2.14 bits per heavy atom. The van der Waals surface area contributed by atoms with E-state index in [4.69, 9.17) is 10.2 Å². The molecule has 1 rings (SSSR count). The van der Waals surface area contributed by atoms with E-state index < -0.39 is 11.9 Å². The van der Waals surface area contributed by atoms with Gasteiger partial charge in [0.05, 0.1) is 12.2 Å². The summed E-state index contributed by atoms with van der Waals surface area (Å²) in [5.41, 5.74) is 0. The summed E-state index contributed by atoms with van der Waals surface area (Å²) < 4.78 is 0.587. The van der Waals surface area contributed by atoms with Crippen molar-refractivity contribution in [2.75, 3.05) is 5.75 Å². The van der Waals surface area contributed by atoms with Gasteiger partial charge in [-0.25, -0.2) is 4.98 Å². The van der Waals surface area contributed by atoms with E-state index in [1.54, 1.807) is 0 Å². The highest BCUT2D eigenvalue weighted by molar-refractivity contribution is 8.01. The lowest BCUT2D eigenvalue weighted by molar-refractivity contribution is -0.136. The van der Waals surface area contributed by atoms with E-state index in [1.807, 2.05) is 0 Å². The number of thiazole rings is 1. The zero-order chi connectivity index (χ0) is 10.6. The molecule has 0 aliphatic heterocycles. The Labute approximate surface area is 87.8 Å². The van der Waals surface area contributed by atoms with Gasteiger partial charge in [-0.1, -0.05) is 11.8 Å². The molecule has 0 aromatic carbocycles. The van der Waals surface area contributed by atoms with Crippen molar-refractivity contribution in [3.05, 3.63) is 11.1 Å². The van der Waals surface area contributed by atoms with Crippen LogP contribution in [0.25, 0.3) is 0 Å². The van der Waals surface area contributed by atoms with Gasteiger partial charge in [0.15, 0.2) is 4.34 Å². The maximum Gasteiger partial charge on any atom is 0.313 e. The molecule has 0 aliphatic carbocycles. The first-order valence-corrected chi connectivity index (χ1v) is 5.39. The predicted octanol–water partition coefficient (Wildman–Crippen LogP) is 0.947. The highest BCUT2D eigenvalue weighted by atomic mass is 32.2. The first kappa shape index (κ1) is 11.0. The summed E-state index contributed by atoms with van der Waals surface area (Å²) in [6.45, 7) is 0. The molecule has 14 heavy (non-hydrogen) atoms. The fourth-order valence-electron chi connectivity index (χ4n) is 0.711. The molecule has 0 fully saturated rings. The van der Waals surface area contributed by atoms with E-state index in [0.29, 0.717) is 9.22 Å². The molecule has 0 saturated heterocycles. The van der Waals surface area contributed by atoms with Crippen molar-refractivity contribution >= 4 is 35.0 Å². The molecule has 1 aromatic rings. The molecule has 0 unspecified atom stereocenters. The fourth-order valence-corrected chi connectivity index (χ4v) is 2.45. The Hall–Kier alpha value is -1.08. The summed E-state index contributed by atoms with van der Waals surface area (Å²) in [5.74, 6) is -1.88. The molecule has 0 spiro atoms. The minimum Gasteiger partial charge on any atom is -0.481 e. The number of hydrogen-bond donors (Lipinski definition) is 2. The van der Waals surface area contributed by atoms with Crippen molar-refractivity contribution in [3.8, 4) is 0 Å². The molecule has 0 radical (unpaired) electrons. The van der Waals surface area contributed by atoms with Gasteiger partial charge in [-0.3, -0.25) is 9.59 Å². The number of aliphatic carboxylic acids is 2. The van der Waals surface area contributed by atoms with Gasteiger partial charge in [0.25, 0.3) is 0 Å². The van der Waals surface area contributed by atoms with Gasteiger partial charge < -0.3 is 10.2 Å². The highest BCUT2D eigenvalue weighted by Gasteiger charge is 2.07. The molecule has 7 heteroatoms. The number of carboxylic acids is 2. The van der Waals surface area contributed by atoms with Crippen molar-refractivity contribution in [1.29, 1.82) is 0 Å². The predicted molar refractivity (Wildman–Crippen MR) is 51.8 cm³/mol. The summed E-state index contributed by atoms with van der Waals surface area (Å²) in [4.78, 5) is 25.1. The highest BCUT2D eigenvalue weighted by Crippen LogP contribution is 2.24. The summed E-state index contributed by atoms with van der Waals surface area (Å²) in [6.07, 6.45) is 1.40. The first-order chi connectivity index (χ1) is 6.58. The van der Waals surface area contributed by atoms with Crippen LogP contribution in [0.15, 0.2) is 10.5 Å². The lowest BCUT2D eigenvalue weighted by Gasteiger charge is -1.89. The maximum absolute atomic E-state index is 10.3. The van der Waals surface area contributed by atoms with Crippen molar-refractivity contribution in [1.82, 2.24) is 4.98 Å². The molecule has 0 aliphatic rings. The number of carbonyl (C=O) groups is 2. The smallest absolute Gasteiger partial charge is 0.313 e. The Balaban J connectivity index is 2.50. The number of aromatic nitrogens is 1. The number of nitrogens with zero attached hydrogens (tertiary/aromatic N) is 1. The van der Waals surface area contributed by atoms with E-state index >= 15 is 0 Å². The molecule has 2 N–H and O–H groups in total. The van der Waals surface area contributed by atoms with Crippen molar-refractivity contribution in [2.24, 2.45) is 0 Å². The van der Waals surface area contributed by atoms with Crippen LogP contribution in [0.3, 0.4) is 0 Å². The summed E-state index contributed by atoms with van der Waals surface area (Å²) in [6, 6.07) is 0. The van der Waals surface area contributed by atoms with Crippen LogP contribution in [0.1, 0.15) is 4.88 Å². The number of thioether (sulfide) groups is 1. The minimum atomic E-state index is -0.913. The third-order valence-electron chi connectivity index (χ3n) is 1.18. The van der Waals surface area contributed by atoms with Crippen molar-refractivity contribution in [2.45, 2.75) is 10.8 Å². The van der Waals surface area contributed by atoms with Gasteiger partial charge in [-0.15, -0.1) is 11.3 Å². The average molecular weight is 233 g/mol. The van der Waals surface area contributed by atoms with E-state index in [9.17, 15) is 9.59 Å². The lowest BCUT2D eigenvalue weighted by atomic mass is 10.4. The Bertz CT molecular complexity index is 349. The minimum absolute atomic E-state index is 0.0555. The van der Waals surface area contributed by atoms with Crippen LogP contribution in [0.5, 0.6) is 0 Å². The topological polar surface area (TPSA) is 87.5 Å². The van der Waals surface area contributed by atoms with Crippen molar-refractivity contribution in [3.63, 3.8) is 0 Å². The van der Waals surface area contributed by atoms with Crippen LogP contribution in [0.2, 0.25) is 0 Å². The second-order valence-electron chi connectivity index (χ2n) is 2.35. The SMILES string of the molecule is O=C(O)CSc1ncc(CC(=O)O)s1. The van der Waals surface area contributed by atoms with Crippen LogP contribution in [0.4, 0.5) is 0 Å². The van der Waals surface area contributed by atoms with Crippen molar-refractivity contribution < 1.29 is 19.8 Å². The average Bonchev–Trinajstić information content (AvgIpc) is 2.47. The third-order valence-corrected chi connectivity index (χ3v) is 3.32. The molecule has 0 amide bonds. The quantitative estimate of drug-likeness (QED) is 0.736. The molecule has 5 nitrogen and oxygen atoms in total. The van der Waals surface area contributed by atoms with Crippen LogP contribution in [-0.2, 0) is 16.0 Å². The van der Waals surface area contributed by atoms with Gasteiger partial charge >= 0.3 is 11.9 Å². The number of carboxylic acid groups (broad SMARTS) is 2. The van der Waals surface area contributed by atoms with Gasteiger partial charge in [-0.05, 0) is 0 Å². The number of rotatable bonds is 5. The maximum atomic E-state index is 10.3. The summed E-state index contributed by atoms with van der Waals surface area (Å²) in [7, 11) is 0. The van der Waals surface area contributed by atoms with Crippen LogP contribution in [0, 0.1) is 0 Å². The second kappa shape index (κ2) is 4.97. The summed E-state index contributed by atoms with van der Waals surface area (Å²) in [5, 5.41) is 16.9. The van der Waals surface area contributed by atoms with E-state index in [-0.39, 0.29) is 12.2 Å². The standard InChI is InChI=1S/C7H7NO4S2/c9-5(10)1-4-2-8-7(14-4)13-3-6(11)12/h2H,1,3H2,(H,9,10)(H,11,12). The van der Waals surface area contributed by atoms with Gasteiger partial charge in [-0.2, -0.15) is 0 Å². The normalized spacial score (nSPS) is 10.0. The van der Waals surface area contributed by atoms with Gasteiger partial charge in [0.2, 0.25) is 0 Å². The van der Waals surface area contributed by atoms with E-state index in [2.05, 4.69) is 4.98 Å². The third kappa shape index (κ3) is 3.75. The molecular weight excluding hydrogens is 226 g/mol. The van der Waals surface area contributed by atoms with Gasteiger partial charge in [0, 0.05) is 11.1 Å². The lowest BCUT2D eigenvalue weighted by Crippen LogP contribution is -1.97. The Kier molecular flexibility index (Phi) is 3.90. The molecule has 0 bridgehead atoms. The zero-order valence-electron chi connectivity index (χ0n) is 6.97. The Morgan fingerprint density at radius 3 is 2.71 bits per heavy atom. The van der Waals surface area contributed by atoms with Crippen LogP contribution >= 0.6 is 23.1 Å². The number of hydrogen-bond acceptors (Lipinski definition) is 5. The largest absolute Gasteiger partial charge is 0.481 e. The second-order valence-corrected chi connectivity index (χ2v) is 4.68. The molecule has 0 atom stereocenters. The molecular formula is C7H7NO4S2. The van der Waals surface area contributed by atoms with E-state index in [1.165, 1.54) is 17.5 Å². The van der Waals surface area contributed by atoms with Crippen LogP contribution in [-0.4, -0.2) is 32.9 Å². The van der Waals surface area contributed by atoms with Crippen LogP contribution < -0.4 is 0 Å². The summed E-state index contributed by atoms with van der Waals surface area (Å²) >= 11 is 2.30. The van der Waals surface area contributed by atoms with Gasteiger partial charge in [0.1, 0.15) is 0 Å². The molecule has 0 saturated carbocycles. The van der Waals surface area contributed by atoms with E-state index in [0.717, 1.165) is 11.8 Å². The monoisotopic (exact) mass is 233 g/mol. The first-order valence-electron chi connectivity index (χ1n) is 3.59.